The van der Waals surface area contributed by atoms with E-state index in [2.05, 4.69) is 46.6 Å². The van der Waals surface area contributed by atoms with E-state index in [4.69, 9.17) is 0 Å². The Hall–Kier alpha value is -4.70. The van der Waals surface area contributed by atoms with Crippen LogP contribution in [-0.2, 0) is 0 Å². The van der Waals surface area contributed by atoms with E-state index >= 15 is 0 Å². The first-order chi connectivity index (χ1) is 16.7. The number of carbonyl (C=O) groups is 2. The third-order valence-corrected chi connectivity index (χ3v) is 6.21. The van der Waals surface area contributed by atoms with Crippen molar-refractivity contribution in [2.24, 2.45) is 0 Å². The Morgan fingerprint density at radius 3 is 1.76 bits per heavy atom. The maximum Gasteiger partial charge on any atom is 0.259 e. The number of rotatable bonds is 4. The van der Waals surface area contributed by atoms with Crippen LogP contribution in [0.1, 0.15) is 20.7 Å². The molecule has 0 saturated heterocycles. The van der Waals surface area contributed by atoms with Gasteiger partial charge >= 0.3 is 0 Å². The number of nitrogens with one attached hydrogen (secondary N) is 1. The smallest absolute Gasteiger partial charge is 0.259 e. The lowest BCUT2D eigenvalue weighted by Gasteiger charge is -2.25. The van der Waals surface area contributed by atoms with Crippen molar-refractivity contribution < 1.29 is 9.59 Å². The first-order valence-electron chi connectivity index (χ1n) is 11.1. The second kappa shape index (κ2) is 8.01. The largest absolute Gasteiger partial charge is 0.311 e. The molecule has 6 rings (SSSR count). The van der Waals surface area contributed by atoms with Gasteiger partial charge in [0.1, 0.15) is 0 Å². The van der Waals surface area contributed by atoms with Crippen LogP contribution in [0.5, 0.6) is 0 Å². The van der Waals surface area contributed by atoms with E-state index in [1.165, 1.54) is 0 Å². The Labute approximate surface area is 197 Å². The van der Waals surface area contributed by atoms with Crippen LogP contribution in [0.15, 0.2) is 115 Å². The Kier molecular flexibility index (Phi) is 4.70. The van der Waals surface area contributed by atoms with E-state index in [1.54, 1.807) is 6.07 Å². The second-order valence-electron chi connectivity index (χ2n) is 8.23. The third kappa shape index (κ3) is 3.24. The lowest BCUT2D eigenvalue weighted by Crippen LogP contribution is -2.35. The summed E-state index contributed by atoms with van der Waals surface area (Å²) in [5.74, 6) is -0.708. The Morgan fingerprint density at radius 1 is 0.500 bits per heavy atom. The number of para-hydroxylation sites is 2. The molecule has 4 nitrogen and oxygen atoms in total. The van der Waals surface area contributed by atoms with Crippen molar-refractivity contribution in [3.8, 4) is 11.1 Å². The van der Waals surface area contributed by atoms with Crippen molar-refractivity contribution in [2.45, 2.75) is 0 Å². The van der Waals surface area contributed by atoms with Gasteiger partial charge in [0, 0.05) is 28.0 Å². The van der Waals surface area contributed by atoms with Gasteiger partial charge in [-0.1, -0.05) is 72.8 Å². The van der Waals surface area contributed by atoms with Crippen LogP contribution >= 0.6 is 0 Å². The molecule has 0 atom stereocenters. The number of imide groups is 1. The van der Waals surface area contributed by atoms with Crippen LogP contribution in [0.3, 0.4) is 0 Å². The van der Waals surface area contributed by atoms with Crippen molar-refractivity contribution in [3.05, 3.63) is 126 Å². The average Bonchev–Trinajstić information content (AvgIpc) is 2.89. The molecule has 0 aromatic heterocycles. The van der Waals surface area contributed by atoms with Gasteiger partial charge in [-0.25, -0.2) is 0 Å². The maximum absolute atomic E-state index is 12.9. The highest BCUT2D eigenvalue weighted by Crippen LogP contribution is 2.38. The molecule has 34 heavy (non-hydrogen) atoms. The molecular weight excluding hydrogens is 420 g/mol. The van der Waals surface area contributed by atoms with Gasteiger partial charge in [0.15, 0.2) is 0 Å². The number of nitrogens with zero attached hydrogens (tertiary/aromatic N) is 1. The summed E-state index contributed by atoms with van der Waals surface area (Å²) in [5, 5.41) is 4.09. The van der Waals surface area contributed by atoms with Crippen LogP contribution in [0.4, 0.5) is 17.1 Å². The normalized spacial score (nSPS) is 12.5. The minimum Gasteiger partial charge on any atom is -0.311 e. The lowest BCUT2D eigenvalue weighted by atomic mass is 9.89. The minimum atomic E-state index is -0.358. The maximum atomic E-state index is 12.9. The summed E-state index contributed by atoms with van der Waals surface area (Å²) in [7, 11) is 0. The molecule has 0 aliphatic carbocycles. The van der Waals surface area contributed by atoms with Crippen molar-refractivity contribution in [1.82, 2.24) is 5.32 Å². The van der Waals surface area contributed by atoms with E-state index in [9.17, 15) is 9.59 Å². The van der Waals surface area contributed by atoms with Gasteiger partial charge in [-0.2, -0.15) is 0 Å². The van der Waals surface area contributed by atoms with E-state index in [0.717, 1.165) is 33.6 Å². The Balaban J connectivity index is 1.48. The van der Waals surface area contributed by atoms with Crippen molar-refractivity contribution in [3.63, 3.8) is 0 Å². The molecule has 162 valence electrons. The summed E-state index contributed by atoms with van der Waals surface area (Å²) < 4.78 is 0. The summed E-state index contributed by atoms with van der Waals surface area (Å²) in [4.78, 5) is 27.5. The summed E-state index contributed by atoms with van der Waals surface area (Å²) in [6, 6.07) is 38.1. The quantitative estimate of drug-likeness (QED) is 0.311. The molecule has 0 saturated carbocycles. The van der Waals surface area contributed by atoms with Gasteiger partial charge in [0.25, 0.3) is 11.8 Å². The van der Waals surface area contributed by atoms with Crippen molar-refractivity contribution in [1.29, 1.82) is 0 Å². The monoisotopic (exact) mass is 440 g/mol. The molecule has 2 amide bonds. The van der Waals surface area contributed by atoms with Gasteiger partial charge < -0.3 is 4.90 Å². The zero-order valence-corrected chi connectivity index (χ0v) is 18.2. The van der Waals surface area contributed by atoms with Gasteiger partial charge in [0.05, 0.1) is 5.56 Å². The summed E-state index contributed by atoms with van der Waals surface area (Å²) >= 11 is 0. The number of anilines is 3. The average molecular weight is 441 g/mol. The molecular formula is C30H20N2O2. The highest BCUT2D eigenvalue weighted by Gasteiger charge is 2.27. The molecule has 1 aliphatic heterocycles. The molecule has 5 aromatic rings. The van der Waals surface area contributed by atoms with Crippen LogP contribution in [0, 0.1) is 0 Å². The van der Waals surface area contributed by atoms with Gasteiger partial charge in [-0.3, -0.25) is 14.9 Å². The van der Waals surface area contributed by atoms with Crippen LogP contribution in [0.25, 0.3) is 21.9 Å². The molecule has 1 heterocycles. The molecule has 1 aliphatic rings. The van der Waals surface area contributed by atoms with E-state index in [0.29, 0.717) is 16.5 Å². The highest BCUT2D eigenvalue weighted by molar-refractivity contribution is 6.27. The predicted octanol–water partition coefficient (Wildman–Crippen LogP) is 6.86. The topological polar surface area (TPSA) is 49.4 Å². The fraction of sp³-hybridized carbons (Fsp3) is 0. The summed E-state index contributed by atoms with van der Waals surface area (Å²) in [6.07, 6.45) is 0. The van der Waals surface area contributed by atoms with Crippen LogP contribution in [0.2, 0.25) is 0 Å². The fourth-order valence-corrected chi connectivity index (χ4v) is 4.67. The summed E-state index contributed by atoms with van der Waals surface area (Å²) in [6.45, 7) is 0. The molecule has 0 fully saturated rings. The van der Waals surface area contributed by atoms with E-state index < -0.39 is 0 Å². The predicted molar refractivity (Wildman–Crippen MR) is 136 cm³/mol. The number of carbonyl (C=O) groups excluding carboxylic acids is 2. The molecule has 1 N–H and O–H groups in total. The number of benzene rings is 5. The second-order valence-corrected chi connectivity index (χ2v) is 8.23. The van der Waals surface area contributed by atoms with Crippen LogP contribution in [-0.4, -0.2) is 11.8 Å². The number of hydrogen-bond acceptors (Lipinski definition) is 3. The van der Waals surface area contributed by atoms with Gasteiger partial charge in [0.2, 0.25) is 0 Å². The zero-order chi connectivity index (χ0) is 23.1. The van der Waals surface area contributed by atoms with E-state index in [-0.39, 0.29) is 11.8 Å². The molecule has 0 radical (unpaired) electrons. The highest BCUT2D eigenvalue weighted by atomic mass is 16.2. The molecule has 5 aromatic carbocycles. The van der Waals surface area contributed by atoms with Crippen molar-refractivity contribution >= 4 is 39.6 Å². The SMILES string of the molecule is O=C1NC(=O)c2c(-c3ccc(N(c4ccccc4)c4ccccc4)cc3)ccc3cccc1c23. The molecule has 0 bridgehead atoms. The Morgan fingerprint density at radius 2 is 1.12 bits per heavy atom. The fourth-order valence-electron chi connectivity index (χ4n) is 4.67. The first-order valence-corrected chi connectivity index (χ1v) is 11.1. The molecule has 0 unspecified atom stereocenters. The minimum absolute atomic E-state index is 0.350. The van der Waals surface area contributed by atoms with E-state index in [1.807, 2.05) is 72.8 Å². The molecule has 0 spiro atoms. The summed E-state index contributed by atoms with van der Waals surface area (Å²) in [5.41, 5.74) is 5.93. The molecule has 4 heteroatoms. The van der Waals surface area contributed by atoms with Crippen molar-refractivity contribution in [2.75, 3.05) is 4.90 Å². The van der Waals surface area contributed by atoms with Gasteiger partial charge in [-0.15, -0.1) is 0 Å². The number of hydrogen-bond donors (Lipinski definition) is 1. The standard InChI is InChI=1S/C30H20N2O2/c33-29-26-13-7-8-21-16-19-25(28(27(21)26)30(34)31-29)20-14-17-24(18-15-20)32(22-9-3-1-4-10-22)23-11-5-2-6-12-23/h1-19H,(H,31,33,34). The third-order valence-electron chi connectivity index (χ3n) is 6.21. The van der Waals surface area contributed by atoms with Gasteiger partial charge in [-0.05, 0) is 59.0 Å². The number of amides is 2. The lowest BCUT2D eigenvalue weighted by molar-refractivity contribution is 0.0845. The zero-order valence-electron chi connectivity index (χ0n) is 18.2. The first kappa shape index (κ1) is 19.9. The Bertz CT molecular complexity index is 1500. The van der Waals surface area contributed by atoms with Crippen LogP contribution < -0.4 is 10.2 Å².